The summed E-state index contributed by atoms with van der Waals surface area (Å²) in [7, 11) is 0. The van der Waals surface area contributed by atoms with Crippen LogP contribution >= 0.6 is 0 Å². The van der Waals surface area contributed by atoms with E-state index in [9.17, 15) is 13.6 Å². The van der Waals surface area contributed by atoms with Crippen molar-refractivity contribution in [1.29, 1.82) is 0 Å². The molecule has 4 heteroatoms. The molecule has 0 fully saturated rings. The van der Waals surface area contributed by atoms with Crippen LogP contribution in [0.15, 0.2) is 48.5 Å². The summed E-state index contributed by atoms with van der Waals surface area (Å²) < 4.78 is 26.1. The lowest BCUT2D eigenvalue weighted by molar-refractivity contribution is -0.121. The number of benzene rings is 2. The molecule has 0 spiro atoms. The van der Waals surface area contributed by atoms with E-state index in [1.54, 1.807) is 30.3 Å². The fourth-order valence-electron chi connectivity index (χ4n) is 1.83. The predicted molar refractivity (Wildman–Crippen MR) is 73.0 cm³/mol. The third kappa shape index (κ3) is 4.16. The number of nitrogens with one attached hydrogen (secondary N) is 1. The van der Waals surface area contributed by atoms with E-state index in [0.29, 0.717) is 18.4 Å². The number of carbonyl (C=O) groups excluding carboxylic acids is 1. The Kier molecular flexibility index (Phi) is 4.82. The van der Waals surface area contributed by atoms with Crippen LogP contribution in [0.5, 0.6) is 0 Å². The van der Waals surface area contributed by atoms with Gasteiger partial charge in [0.1, 0.15) is 11.6 Å². The Labute approximate surface area is 116 Å². The highest BCUT2D eigenvalue weighted by atomic mass is 19.1. The van der Waals surface area contributed by atoms with Crippen molar-refractivity contribution < 1.29 is 13.6 Å². The van der Waals surface area contributed by atoms with Crippen molar-refractivity contribution in [3.05, 3.63) is 71.3 Å². The molecule has 0 saturated heterocycles. The highest BCUT2D eigenvalue weighted by Gasteiger charge is 2.05. The summed E-state index contributed by atoms with van der Waals surface area (Å²) in [5, 5.41) is 2.67. The third-order valence-electron chi connectivity index (χ3n) is 2.99. The molecule has 1 amide bonds. The second kappa shape index (κ2) is 6.80. The van der Waals surface area contributed by atoms with E-state index in [4.69, 9.17) is 0 Å². The molecule has 0 aliphatic heterocycles. The van der Waals surface area contributed by atoms with Gasteiger partial charge in [-0.2, -0.15) is 0 Å². The van der Waals surface area contributed by atoms with Gasteiger partial charge in [0.15, 0.2) is 0 Å². The number of halogens is 2. The maximum absolute atomic E-state index is 13.3. The van der Waals surface area contributed by atoms with Crippen molar-refractivity contribution in [1.82, 2.24) is 5.32 Å². The summed E-state index contributed by atoms with van der Waals surface area (Å²) in [6.07, 6.45) is 0.823. The molecule has 0 aliphatic carbocycles. The summed E-state index contributed by atoms with van der Waals surface area (Å²) in [4.78, 5) is 11.7. The lowest BCUT2D eigenvalue weighted by Gasteiger charge is -2.06. The molecule has 2 aromatic carbocycles. The highest BCUT2D eigenvalue weighted by Crippen LogP contribution is 2.07. The number of amides is 1. The molecule has 2 rings (SSSR count). The van der Waals surface area contributed by atoms with Crippen molar-refractivity contribution in [2.75, 3.05) is 0 Å². The van der Waals surface area contributed by atoms with Crippen LogP contribution in [-0.2, 0) is 17.8 Å². The molecule has 0 aliphatic rings. The molecule has 20 heavy (non-hydrogen) atoms. The number of hydrogen-bond acceptors (Lipinski definition) is 1. The highest BCUT2D eigenvalue weighted by molar-refractivity contribution is 5.76. The van der Waals surface area contributed by atoms with Crippen molar-refractivity contribution >= 4 is 5.91 Å². The first-order valence-corrected chi connectivity index (χ1v) is 6.40. The molecule has 0 radical (unpaired) electrons. The average molecular weight is 275 g/mol. The van der Waals surface area contributed by atoms with Gasteiger partial charge in [-0.1, -0.05) is 30.3 Å². The number of rotatable bonds is 5. The van der Waals surface area contributed by atoms with Gasteiger partial charge in [-0.05, 0) is 30.2 Å². The normalized spacial score (nSPS) is 10.3. The minimum Gasteiger partial charge on any atom is -0.352 e. The molecule has 0 bridgehead atoms. The molecule has 104 valence electrons. The quantitative estimate of drug-likeness (QED) is 0.892. The van der Waals surface area contributed by atoms with Crippen LogP contribution in [0.1, 0.15) is 17.5 Å². The molecule has 0 aromatic heterocycles. The molecule has 0 unspecified atom stereocenters. The summed E-state index contributed by atoms with van der Waals surface area (Å²) >= 11 is 0. The zero-order valence-corrected chi connectivity index (χ0v) is 10.9. The first-order valence-electron chi connectivity index (χ1n) is 6.40. The van der Waals surface area contributed by atoms with Crippen LogP contribution in [0.4, 0.5) is 8.78 Å². The minimum atomic E-state index is -0.327. The maximum Gasteiger partial charge on any atom is 0.220 e. The van der Waals surface area contributed by atoms with Crippen molar-refractivity contribution in [2.24, 2.45) is 0 Å². The van der Waals surface area contributed by atoms with Crippen LogP contribution in [0.3, 0.4) is 0 Å². The topological polar surface area (TPSA) is 29.1 Å². The molecule has 0 saturated carbocycles. The van der Waals surface area contributed by atoms with Gasteiger partial charge >= 0.3 is 0 Å². The van der Waals surface area contributed by atoms with E-state index in [-0.39, 0.29) is 24.1 Å². The lowest BCUT2D eigenvalue weighted by Crippen LogP contribution is -2.23. The zero-order valence-electron chi connectivity index (χ0n) is 10.9. The number of hydrogen-bond donors (Lipinski definition) is 1. The van der Waals surface area contributed by atoms with Gasteiger partial charge < -0.3 is 5.32 Å². The maximum atomic E-state index is 13.3. The fourth-order valence-corrected chi connectivity index (χ4v) is 1.83. The lowest BCUT2D eigenvalue weighted by atomic mass is 10.1. The van der Waals surface area contributed by atoms with E-state index in [0.717, 1.165) is 5.56 Å². The Morgan fingerprint density at radius 1 is 1.00 bits per heavy atom. The van der Waals surface area contributed by atoms with Gasteiger partial charge in [0, 0.05) is 18.5 Å². The van der Waals surface area contributed by atoms with Crippen LogP contribution in [0.2, 0.25) is 0 Å². The van der Waals surface area contributed by atoms with E-state index in [2.05, 4.69) is 5.32 Å². The Bertz CT molecular complexity index is 581. The fraction of sp³-hybridized carbons (Fsp3) is 0.188. The average Bonchev–Trinajstić information content (AvgIpc) is 2.46. The smallest absolute Gasteiger partial charge is 0.220 e. The second-order valence-corrected chi connectivity index (χ2v) is 4.49. The summed E-state index contributed by atoms with van der Waals surface area (Å²) in [6, 6.07) is 12.4. The minimum absolute atomic E-state index is 0.155. The number of aryl methyl sites for hydroxylation is 1. The Morgan fingerprint density at radius 2 is 1.70 bits per heavy atom. The van der Waals surface area contributed by atoms with Gasteiger partial charge in [0.25, 0.3) is 0 Å². The van der Waals surface area contributed by atoms with Crippen LogP contribution in [0.25, 0.3) is 0 Å². The summed E-state index contributed by atoms with van der Waals surface area (Å²) in [5.41, 5.74) is 1.36. The van der Waals surface area contributed by atoms with Crippen molar-refractivity contribution in [2.45, 2.75) is 19.4 Å². The van der Waals surface area contributed by atoms with Crippen LogP contribution < -0.4 is 5.32 Å². The molecule has 0 atom stereocenters. The van der Waals surface area contributed by atoms with E-state index >= 15 is 0 Å². The monoisotopic (exact) mass is 275 g/mol. The molecule has 2 aromatic rings. The molecule has 1 N–H and O–H groups in total. The Hall–Kier alpha value is -2.23. The standard InChI is InChI=1S/C16H15F2NO/c17-14-8-5-12(6-9-14)7-10-16(20)19-11-13-3-1-2-4-15(13)18/h1-6,8-9H,7,10-11H2,(H,19,20). The van der Waals surface area contributed by atoms with Gasteiger partial charge in [0.2, 0.25) is 5.91 Å². The van der Waals surface area contributed by atoms with Crippen LogP contribution in [-0.4, -0.2) is 5.91 Å². The van der Waals surface area contributed by atoms with Crippen molar-refractivity contribution in [3.63, 3.8) is 0 Å². The summed E-state index contributed by atoms with van der Waals surface area (Å²) in [5.74, 6) is -0.776. The predicted octanol–water partition coefficient (Wildman–Crippen LogP) is 3.21. The number of carbonyl (C=O) groups is 1. The van der Waals surface area contributed by atoms with E-state index < -0.39 is 0 Å². The third-order valence-corrected chi connectivity index (χ3v) is 2.99. The van der Waals surface area contributed by atoms with Gasteiger partial charge in [-0.25, -0.2) is 8.78 Å². The van der Waals surface area contributed by atoms with Gasteiger partial charge in [-0.3, -0.25) is 4.79 Å². The second-order valence-electron chi connectivity index (χ2n) is 4.49. The molecule has 0 heterocycles. The summed E-state index contributed by atoms with van der Waals surface area (Å²) in [6.45, 7) is 0.176. The van der Waals surface area contributed by atoms with Crippen molar-refractivity contribution in [3.8, 4) is 0 Å². The zero-order chi connectivity index (χ0) is 14.4. The largest absolute Gasteiger partial charge is 0.352 e. The first-order chi connectivity index (χ1) is 9.65. The molecular weight excluding hydrogens is 260 g/mol. The van der Waals surface area contributed by atoms with E-state index in [1.165, 1.54) is 18.2 Å². The van der Waals surface area contributed by atoms with E-state index in [1.807, 2.05) is 0 Å². The van der Waals surface area contributed by atoms with Gasteiger partial charge in [-0.15, -0.1) is 0 Å². The van der Waals surface area contributed by atoms with Crippen LogP contribution in [0, 0.1) is 11.6 Å². The SMILES string of the molecule is O=C(CCc1ccc(F)cc1)NCc1ccccc1F. The molecular formula is C16H15F2NO. The molecule has 2 nitrogen and oxygen atoms in total. The van der Waals surface area contributed by atoms with Gasteiger partial charge in [0.05, 0.1) is 0 Å². The first kappa shape index (κ1) is 14.2. The Morgan fingerprint density at radius 3 is 2.40 bits per heavy atom. The Balaban J connectivity index is 1.78.